The third kappa shape index (κ3) is 5.00. The summed E-state index contributed by atoms with van der Waals surface area (Å²) in [5.41, 5.74) is 0.699. The summed E-state index contributed by atoms with van der Waals surface area (Å²) in [6.07, 6.45) is 3.72. The minimum atomic E-state index is -0.104. The van der Waals surface area contributed by atoms with Crippen LogP contribution < -0.4 is 19.9 Å². The van der Waals surface area contributed by atoms with Gasteiger partial charge in [0.1, 0.15) is 5.75 Å². The summed E-state index contributed by atoms with van der Waals surface area (Å²) in [5, 5.41) is 12.0. The van der Waals surface area contributed by atoms with E-state index >= 15 is 0 Å². The quantitative estimate of drug-likeness (QED) is 0.791. The van der Waals surface area contributed by atoms with E-state index in [-0.39, 0.29) is 6.03 Å². The van der Waals surface area contributed by atoms with Crippen LogP contribution >= 0.6 is 0 Å². The van der Waals surface area contributed by atoms with Crippen LogP contribution in [0.5, 0.6) is 5.75 Å². The molecule has 1 aromatic heterocycles. The summed E-state index contributed by atoms with van der Waals surface area (Å²) in [5.74, 6) is 2.52. The van der Waals surface area contributed by atoms with Gasteiger partial charge in [-0.1, -0.05) is 12.1 Å². The topological polar surface area (TPSA) is 73.8 Å². The Morgan fingerprint density at radius 2 is 1.77 bits per heavy atom. The zero-order valence-electron chi connectivity index (χ0n) is 18.5. The van der Waals surface area contributed by atoms with Gasteiger partial charge in [0, 0.05) is 38.8 Å². The number of ether oxygens (including phenoxy) is 1. The molecule has 0 aliphatic carbocycles. The fraction of sp³-hybridized carbons (Fsp3) is 0.522. The molecule has 2 aliphatic heterocycles. The van der Waals surface area contributed by atoms with Crippen LogP contribution in [0.3, 0.4) is 0 Å². The Bertz CT molecular complexity index is 867. The molecule has 31 heavy (non-hydrogen) atoms. The van der Waals surface area contributed by atoms with Gasteiger partial charge in [-0.05, 0) is 57.4 Å². The lowest BCUT2D eigenvalue weighted by atomic mass is 10.0. The first-order chi connectivity index (χ1) is 15.2. The predicted octanol–water partition coefficient (Wildman–Crippen LogP) is 3.61. The van der Waals surface area contributed by atoms with Gasteiger partial charge in [-0.2, -0.15) is 0 Å². The summed E-state index contributed by atoms with van der Waals surface area (Å²) >= 11 is 0. The number of hydrogen-bond acceptors (Lipinski definition) is 6. The zero-order chi connectivity index (χ0) is 21.6. The normalized spacial score (nSPS) is 19.3. The molecular formula is C23H32N6O2. The van der Waals surface area contributed by atoms with Crippen molar-refractivity contribution in [3.63, 3.8) is 0 Å². The van der Waals surface area contributed by atoms with Crippen LogP contribution in [-0.4, -0.2) is 66.5 Å². The lowest BCUT2D eigenvalue weighted by Crippen LogP contribution is -2.50. The van der Waals surface area contributed by atoms with Gasteiger partial charge in [0.2, 0.25) is 0 Å². The molecule has 0 bridgehead atoms. The molecule has 1 unspecified atom stereocenters. The second-order valence-electron chi connectivity index (χ2n) is 8.12. The van der Waals surface area contributed by atoms with Crippen LogP contribution in [0.4, 0.5) is 22.1 Å². The monoisotopic (exact) mass is 424 g/mol. The van der Waals surface area contributed by atoms with Crippen molar-refractivity contribution in [2.75, 3.05) is 54.4 Å². The molecule has 1 aromatic carbocycles. The number of piperazine rings is 1. The predicted molar refractivity (Wildman–Crippen MR) is 123 cm³/mol. The van der Waals surface area contributed by atoms with Crippen LogP contribution in [0.2, 0.25) is 0 Å². The molecule has 2 fully saturated rings. The molecule has 8 heteroatoms. The molecular weight excluding hydrogens is 392 g/mol. The standard InChI is InChI=1S/C23H32N6O2/c1-3-31-20-10-5-4-9-19(20)24-23(30)28-16-14-27(15-17-28)21-11-12-22(26-25-21)29-13-7-6-8-18(29)2/h4-5,9-12,18H,3,6-8,13-17H2,1-2H3,(H,24,30). The summed E-state index contributed by atoms with van der Waals surface area (Å²) in [6.45, 7) is 8.53. The number of aromatic nitrogens is 2. The largest absolute Gasteiger partial charge is 0.492 e. The van der Waals surface area contributed by atoms with Gasteiger partial charge in [-0.3, -0.25) is 0 Å². The number of nitrogens with zero attached hydrogens (tertiary/aromatic N) is 5. The molecule has 4 rings (SSSR count). The Morgan fingerprint density at radius 1 is 1.03 bits per heavy atom. The van der Waals surface area contributed by atoms with E-state index in [9.17, 15) is 4.79 Å². The minimum Gasteiger partial charge on any atom is -0.492 e. The van der Waals surface area contributed by atoms with Crippen molar-refractivity contribution in [3.05, 3.63) is 36.4 Å². The molecule has 2 aliphatic rings. The van der Waals surface area contributed by atoms with E-state index in [0.717, 1.165) is 31.3 Å². The average molecular weight is 425 g/mol. The first kappa shape index (κ1) is 21.2. The smallest absolute Gasteiger partial charge is 0.322 e. The van der Waals surface area contributed by atoms with E-state index in [1.807, 2.05) is 36.1 Å². The molecule has 2 saturated heterocycles. The van der Waals surface area contributed by atoms with Crippen LogP contribution in [-0.2, 0) is 0 Å². The maximum atomic E-state index is 12.7. The number of urea groups is 1. The molecule has 0 spiro atoms. The number of rotatable bonds is 5. The average Bonchev–Trinajstić information content (AvgIpc) is 2.81. The number of piperidine rings is 1. The highest BCUT2D eigenvalue weighted by Crippen LogP contribution is 2.25. The lowest BCUT2D eigenvalue weighted by Gasteiger charge is -2.36. The maximum absolute atomic E-state index is 12.7. The highest BCUT2D eigenvalue weighted by Gasteiger charge is 2.24. The Labute approximate surface area is 184 Å². The van der Waals surface area contributed by atoms with Gasteiger partial charge in [0.25, 0.3) is 0 Å². The van der Waals surface area contributed by atoms with Gasteiger partial charge >= 0.3 is 6.03 Å². The fourth-order valence-electron chi connectivity index (χ4n) is 4.26. The van der Waals surface area contributed by atoms with Crippen molar-refractivity contribution in [1.29, 1.82) is 0 Å². The van der Waals surface area contributed by atoms with E-state index < -0.39 is 0 Å². The van der Waals surface area contributed by atoms with Gasteiger partial charge in [0.15, 0.2) is 11.6 Å². The maximum Gasteiger partial charge on any atom is 0.322 e. The molecule has 8 nitrogen and oxygen atoms in total. The van der Waals surface area contributed by atoms with E-state index in [0.29, 0.717) is 37.2 Å². The fourth-order valence-corrected chi connectivity index (χ4v) is 4.26. The Morgan fingerprint density at radius 3 is 2.48 bits per heavy atom. The van der Waals surface area contributed by atoms with E-state index in [1.165, 1.54) is 19.3 Å². The lowest BCUT2D eigenvalue weighted by molar-refractivity contribution is 0.208. The number of anilines is 3. The number of amides is 2. The summed E-state index contributed by atoms with van der Waals surface area (Å²) in [7, 11) is 0. The van der Waals surface area contributed by atoms with Gasteiger partial charge < -0.3 is 24.8 Å². The van der Waals surface area contributed by atoms with E-state index in [4.69, 9.17) is 4.74 Å². The molecule has 3 heterocycles. The van der Waals surface area contributed by atoms with Crippen molar-refractivity contribution in [2.45, 2.75) is 39.2 Å². The number of nitrogens with one attached hydrogen (secondary N) is 1. The third-order valence-corrected chi connectivity index (χ3v) is 6.05. The molecule has 1 atom stereocenters. The Kier molecular flexibility index (Phi) is 6.74. The van der Waals surface area contributed by atoms with Gasteiger partial charge in [-0.25, -0.2) is 4.79 Å². The van der Waals surface area contributed by atoms with E-state index in [1.54, 1.807) is 0 Å². The summed E-state index contributed by atoms with van der Waals surface area (Å²) in [4.78, 5) is 19.1. The van der Waals surface area contributed by atoms with Crippen molar-refractivity contribution < 1.29 is 9.53 Å². The molecule has 2 amide bonds. The van der Waals surface area contributed by atoms with E-state index in [2.05, 4.69) is 44.4 Å². The van der Waals surface area contributed by atoms with Crippen LogP contribution in [0.1, 0.15) is 33.1 Å². The Balaban J connectivity index is 1.32. The first-order valence-electron chi connectivity index (χ1n) is 11.3. The van der Waals surface area contributed by atoms with Gasteiger partial charge in [0.05, 0.1) is 12.3 Å². The van der Waals surface area contributed by atoms with Crippen molar-refractivity contribution in [3.8, 4) is 5.75 Å². The van der Waals surface area contributed by atoms with Crippen LogP contribution in [0, 0.1) is 0 Å². The van der Waals surface area contributed by atoms with Crippen LogP contribution in [0.25, 0.3) is 0 Å². The minimum absolute atomic E-state index is 0.104. The highest BCUT2D eigenvalue weighted by molar-refractivity contribution is 5.91. The molecule has 0 saturated carbocycles. The Hall–Kier alpha value is -3.03. The molecule has 166 valence electrons. The molecule has 0 radical (unpaired) electrons. The second-order valence-corrected chi connectivity index (χ2v) is 8.12. The first-order valence-corrected chi connectivity index (χ1v) is 11.3. The SMILES string of the molecule is CCOc1ccccc1NC(=O)N1CCN(c2ccc(N3CCCCC3C)nn2)CC1. The number of carbonyl (C=O) groups excluding carboxylic acids is 1. The third-order valence-electron chi connectivity index (χ3n) is 6.05. The number of hydrogen-bond donors (Lipinski definition) is 1. The van der Waals surface area contributed by atoms with Crippen molar-refractivity contribution in [2.24, 2.45) is 0 Å². The highest BCUT2D eigenvalue weighted by atomic mass is 16.5. The van der Waals surface area contributed by atoms with Crippen LogP contribution in [0.15, 0.2) is 36.4 Å². The summed E-state index contributed by atoms with van der Waals surface area (Å²) in [6, 6.07) is 12.1. The van der Waals surface area contributed by atoms with Crippen molar-refractivity contribution >= 4 is 23.4 Å². The molecule has 1 N–H and O–H groups in total. The van der Waals surface area contributed by atoms with Crippen molar-refractivity contribution in [1.82, 2.24) is 15.1 Å². The number of carbonyl (C=O) groups is 1. The zero-order valence-corrected chi connectivity index (χ0v) is 18.5. The second kappa shape index (κ2) is 9.85. The number of benzene rings is 1. The molecule has 2 aromatic rings. The number of para-hydroxylation sites is 2. The van der Waals surface area contributed by atoms with Gasteiger partial charge in [-0.15, -0.1) is 10.2 Å². The summed E-state index contributed by atoms with van der Waals surface area (Å²) < 4.78 is 5.60.